The number of likely N-dealkylation sites (tertiary alicyclic amines) is 1. The number of hydrogen-bond acceptors (Lipinski definition) is 5. The second-order valence-electron chi connectivity index (χ2n) is 10.3. The van der Waals surface area contributed by atoms with Crippen LogP contribution in [-0.4, -0.2) is 72.1 Å². The Morgan fingerprint density at radius 3 is 2.67 bits per heavy atom. The molecule has 2 fully saturated rings. The molecule has 2 amide bonds. The summed E-state index contributed by atoms with van der Waals surface area (Å²) in [5, 5.41) is 0. The van der Waals surface area contributed by atoms with Crippen molar-refractivity contribution in [2.75, 3.05) is 39.5 Å². The van der Waals surface area contributed by atoms with Gasteiger partial charge in [-0.05, 0) is 56.7 Å². The first-order valence-electron chi connectivity index (χ1n) is 13.1. The van der Waals surface area contributed by atoms with Crippen molar-refractivity contribution in [1.29, 1.82) is 0 Å². The fourth-order valence-electron chi connectivity index (χ4n) is 5.77. The minimum Gasteiger partial charge on any atom is -0.492 e. The smallest absolute Gasteiger partial charge is 0.257 e. The van der Waals surface area contributed by atoms with Crippen molar-refractivity contribution in [2.45, 2.75) is 51.0 Å². The van der Waals surface area contributed by atoms with Crippen LogP contribution in [0.15, 0.2) is 47.4 Å². The molecule has 1 N–H and O–H groups in total. The van der Waals surface area contributed by atoms with Gasteiger partial charge in [0.15, 0.2) is 0 Å². The molecular formula is C28H35N3O5. The Labute approximate surface area is 211 Å². The standard InChI is InChI=1S/C28H35N3O5/c32-25-18-21(9-13-29-25)26(33)30-15-11-28(12-16-30)10-3-4-17-35-19-22-6-5-14-31(22)27(34)23-7-1-2-8-24(23)36-20-28/h1-2,7-9,13,18,22H,3-6,10-12,14-17,19-20H2,(H,29,32)/t22-/m0/s1. The highest BCUT2D eigenvalue weighted by atomic mass is 16.5. The van der Waals surface area contributed by atoms with E-state index in [-0.39, 0.29) is 28.8 Å². The lowest BCUT2D eigenvalue weighted by Gasteiger charge is -2.42. The number of rotatable bonds is 1. The van der Waals surface area contributed by atoms with Crippen molar-refractivity contribution in [2.24, 2.45) is 5.41 Å². The molecule has 1 aromatic heterocycles. The van der Waals surface area contributed by atoms with E-state index in [0.29, 0.717) is 49.8 Å². The number of pyridine rings is 1. The molecule has 2 aromatic rings. The minimum atomic E-state index is -0.274. The van der Waals surface area contributed by atoms with Crippen LogP contribution in [0.4, 0.5) is 0 Å². The number of amides is 2. The zero-order valence-electron chi connectivity index (χ0n) is 20.7. The molecule has 8 nitrogen and oxygen atoms in total. The van der Waals surface area contributed by atoms with Crippen LogP contribution in [0, 0.1) is 5.41 Å². The molecule has 36 heavy (non-hydrogen) atoms. The number of aromatic amines is 1. The fourth-order valence-corrected chi connectivity index (χ4v) is 5.77. The molecule has 0 saturated carbocycles. The molecule has 0 aliphatic carbocycles. The molecule has 4 heterocycles. The average Bonchev–Trinajstić information content (AvgIpc) is 3.37. The molecule has 2 saturated heterocycles. The van der Waals surface area contributed by atoms with Crippen molar-refractivity contribution in [3.63, 3.8) is 0 Å². The molecule has 1 atom stereocenters. The molecule has 0 bridgehead atoms. The second kappa shape index (κ2) is 10.9. The van der Waals surface area contributed by atoms with Gasteiger partial charge in [-0.25, -0.2) is 0 Å². The summed E-state index contributed by atoms with van der Waals surface area (Å²) in [6.07, 6.45) is 8.09. The van der Waals surface area contributed by atoms with Gasteiger partial charge in [-0.2, -0.15) is 0 Å². The third-order valence-corrected chi connectivity index (χ3v) is 7.98. The second-order valence-corrected chi connectivity index (χ2v) is 10.3. The molecule has 0 radical (unpaired) electrons. The number of hydrogen-bond donors (Lipinski definition) is 1. The first-order valence-corrected chi connectivity index (χ1v) is 13.1. The fraction of sp³-hybridized carbons (Fsp3) is 0.536. The quantitative estimate of drug-likeness (QED) is 0.657. The predicted molar refractivity (Wildman–Crippen MR) is 135 cm³/mol. The van der Waals surface area contributed by atoms with E-state index < -0.39 is 0 Å². The van der Waals surface area contributed by atoms with Gasteiger partial charge in [0.25, 0.3) is 11.8 Å². The zero-order valence-corrected chi connectivity index (χ0v) is 20.7. The van der Waals surface area contributed by atoms with Crippen molar-refractivity contribution in [1.82, 2.24) is 14.8 Å². The Bertz CT molecular complexity index is 1140. The van der Waals surface area contributed by atoms with Gasteiger partial charge in [0.05, 0.1) is 24.8 Å². The highest BCUT2D eigenvalue weighted by Crippen LogP contribution is 2.38. The number of nitrogens with zero attached hydrogens (tertiary/aromatic N) is 2. The SMILES string of the molecule is O=C(c1cc[nH]c(=O)c1)N1CCC2(CCCCOC[C@@H]3CCCN3C(=O)c3ccccc3OC2)CC1. The van der Waals surface area contributed by atoms with Gasteiger partial charge in [0.2, 0.25) is 5.56 Å². The zero-order chi connectivity index (χ0) is 25.0. The molecule has 5 rings (SSSR count). The van der Waals surface area contributed by atoms with Crippen molar-refractivity contribution in [3.05, 3.63) is 64.1 Å². The van der Waals surface area contributed by atoms with Crippen LogP contribution in [0.5, 0.6) is 5.75 Å². The van der Waals surface area contributed by atoms with Crippen LogP contribution >= 0.6 is 0 Å². The number of fused-ring (bicyclic) bond motifs is 2. The number of carbonyl (C=O) groups is 2. The summed E-state index contributed by atoms with van der Waals surface area (Å²) >= 11 is 0. The average molecular weight is 494 g/mol. The van der Waals surface area contributed by atoms with Gasteiger partial charge in [-0.3, -0.25) is 14.4 Å². The van der Waals surface area contributed by atoms with Crippen molar-refractivity contribution < 1.29 is 19.1 Å². The number of piperidine rings is 1. The first kappa shape index (κ1) is 24.6. The van der Waals surface area contributed by atoms with E-state index in [1.54, 1.807) is 6.07 Å². The lowest BCUT2D eigenvalue weighted by Crippen LogP contribution is -2.46. The van der Waals surface area contributed by atoms with E-state index >= 15 is 0 Å². The van der Waals surface area contributed by atoms with Gasteiger partial charge < -0.3 is 24.3 Å². The minimum absolute atomic E-state index is 0.0149. The normalized spacial score (nSPS) is 22.9. The number of ether oxygens (including phenoxy) is 2. The molecule has 3 aliphatic rings. The van der Waals surface area contributed by atoms with Gasteiger partial charge >= 0.3 is 0 Å². The maximum Gasteiger partial charge on any atom is 0.257 e. The van der Waals surface area contributed by atoms with Gasteiger partial charge in [-0.1, -0.05) is 18.6 Å². The summed E-state index contributed by atoms with van der Waals surface area (Å²) in [6.45, 7) is 3.76. The largest absolute Gasteiger partial charge is 0.492 e. The summed E-state index contributed by atoms with van der Waals surface area (Å²) in [5.74, 6) is 0.538. The summed E-state index contributed by atoms with van der Waals surface area (Å²) < 4.78 is 12.4. The Balaban J connectivity index is 1.32. The monoisotopic (exact) mass is 493 g/mol. The Morgan fingerprint density at radius 2 is 1.83 bits per heavy atom. The Kier molecular flexibility index (Phi) is 7.41. The Morgan fingerprint density at radius 1 is 1.00 bits per heavy atom. The van der Waals surface area contributed by atoms with Crippen molar-refractivity contribution in [3.8, 4) is 5.75 Å². The molecule has 1 aromatic carbocycles. The van der Waals surface area contributed by atoms with E-state index in [2.05, 4.69) is 4.98 Å². The summed E-state index contributed by atoms with van der Waals surface area (Å²) in [7, 11) is 0. The van der Waals surface area contributed by atoms with Crippen LogP contribution in [0.25, 0.3) is 0 Å². The molecule has 8 heteroatoms. The lowest BCUT2D eigenvalue weighted by molar-refractivity contribution is 0.0303. The third kappa shape index (κ3) is 5.33. The maximum absolute atomic E-state index is 13.5. The van der Waals surface area contributed by atoms with E-state index in [0.717, 1.165) is 51.5 Å². The number of carbonyl (C=O) groups excluding carboxylic acids is 2. The van der Waals surface area contributed by atoms with Crippen LogP contribution < -0.4 is 10.3 Å². The molecular weight excluding hydrogens is 458 g/mol. The summed E-state index contributed by atoms with van der Waals surface area (Å²) in [5.41, 5.74) is 0.672. The third-order valence-electron chi connectivity index (χ3n) is 7.98. The number of para-hydroxylation sites is 1. The summed E-state index contributed by atoms with van der Waals surface area (Å²) in [4.78, 5) is 44.4. The molecule has 1 spiro atoms. The van der Waals surface area contributed by atoms with E-state index in [1.807, 2.05) is 34.1 Å². The highest BCUT2D eigenvalue weighted by Gasteiger charge is 2.38. The van der Waals surface area contributed by atoms with E-state index in [1.165, 1.54) is 12.3 Å². The predicted octanol–water partition coefficient (Wildman–Crippen LogP) is 3.48. The molecule has 192 valence electrons. The number of aromatic nitrogens is 1. The van der Waals surface area contributed by atoms with E-state index in [4.69, 9.17) is 9.47 Å². The number of nitrogens with one attached hydrogen (secondary N) is 1. The van der Waals surface area contributed by atoms with Crippen LogP contribution in [-0.2, 0) is 4.74 Å². The van der Waals surface area contributed by atoms with Crippen LogP contribution in [0.2, 0.25) is 0 Å². The number of benzene rings is 1. The van der Waals surface area contributed by atoms with Crippen LogP contribution in [0.3, 0.4) is 0 Å². The molecule has 3 aliphatic heterocycles. The number of H-pyrrole nitrogens is 1. The van der Waals surface area contributed by atoms with Gasteiger partial charge in [0, 0.05) is 49.5 Å². The first-order chi connectivity index (χ1) is 17.5. The van der Waals surface area contributed by atoms with Crippen LogP contribution in [0.1, 0.15) is 65.7 Å². The lowest BCUT2D eigenvalue weighted by atomic mass is 9.75. The topological polar surface area (TPSA) is 91.9 Å². The maximum atomic E-state index is 13.5. The molecule has 0 unspecified atom stereocenters. The van der Waals surface area contributed by atoms with Gasteiger partial charge in [0.1, 0.15) is 5.75 Å². The Hall–Kier alpha value is -3.13. The highest BCUT2D eigenvalue weighted by molar-refractivity contribution is 5.97. The van der Waals surface area contributed by atoms with Crippen molar-refractivity contribution >= 4 is 11.8 Å². The summed E-state index contributed by atoms with van der Waals surface area (Å²) in [6, 6.07) is 10.7. The van der Waals surface area contributed by atoms with Gasteiger partial charge in [-0.15, -0.1) is 0 Å². The van der Waals surface area contributed by atoms with E-state index in [9.17, 15) is 14.4 Å².